The molecule has 0 N–H and O–H groups in total. The molecular weight excluding hydrogens is 222 g/mol. The molecule has 4 heteroatoms. The van der Waals surface area contributed by atoms with E-state index < -0.39 is 0 Å². The lowest BCUT2D eigenvalue weighted by Crippen LogP contribution is -1.87. The van der Waals surface area contributed by atoms with E-state index >= 15 is 0 Å². The van der Waals surface area contributed by atoms with E-state index in [0.29, 0.717) is 5.56 Å². The molecule has 0 unspecified atom stereocenters. The summed E-state index contributed by atoms with van der Waals surface area (Å²) in [7, 11) is 0. The van der Waals surface area contributed by atoms with Gasteiger partial charge in [0.1, 0.15) is 11.2 Å². The van der Waals surface area contributed by atoms with Crippen molar-refractivity contribution in [3.8, 4) is 17.2 Å². The molecule has 2 aromatic rings. The molecule has 78 valence electrons. The van der Waals surface area contributed by atoms with Gasteiger partial charge in [-0.3, -0.25) is 4.98 Å². The SMILES string of the molecule is Cc1cncc(-c2cnc(Cl)c(C#N)c2)c1. The van der Waals surface area contributed by atoms with E-state index in [9.17, 15) is 0 Å². The fourth-order valence-corrected chi connectivity index (χ4v) is 1.54. The van der Waals surface area contributed by atoms with Gasteiger partial charge in [0.25, 0.3) is 0 Å². The lowest BCUT2D eigenvalue weighted by Gasteiger charge is -2.02. The molecule has 0 spiro atoms. The van der Waals surface area contributed by atoms with Gasteiger partial charge in [0.15, 0.2) is 0 Å². The first-order valence-electron chi connectivity index (χ1n) is 4.68. The molecule has 0 aliphatic carbocycles. The van der Waals surface area contributed by atoms with Crippen molar-refractivity contribution in [1.82, 2.24) is 9.97 Å². The van der Waals surface area contributed by atoms with Crippen LogP contribution in [0.3, 0.4) is 0 Å². The van der Waals surface area contributed by atoms with E-state index in [-0.39, 0.29) is 5.15 Å². The molecule has 0 aliphatic heterocycles. The summed E-state index contributed by atoms with van der Waals surface area (Å²) in [5.41, 5.74) is 3.21. The molecule has 0 saturated carbocycles. The molecule has 2 heterocycles. The monoisotopic (exact) mass is 229 g/mol. The Morgan fingerprint density at radius 1 is 1.19 bits per heavy atom. The van der Waals surface area contributed by atoms with Crippen LogP contribution in [0.5, 0.6) is 0 Å². The van der Waals surface area contributed by atoms with Crippen molar-refractivity contribution < 1.29 is 0 Å². The van der Waals surface area contributed by atoms with Crippen LogP contribution in [0.15, 0.2) is 30.7 Å². The first-order valence-corrected chi connectivity index (χ1v) is 5.06. The zero-order valence-electron chi connectivity index (χ0n) is 8.61. The van der Waals surface area contributed by atoms with Crippen LogP contribution in [-0.4, -0.2) is 9.97 Å². The summed E-state index contributed by atoms with van der Waals surface area (Å²) in [6, 6.07) is 5.70. The number of rotatable bonds is 1. The second-order valence-corrected chi connectivity index (χ2v) is 3.78. The lowest BCUT2D eigenvalue weighted by molar-refractivity contribution is 1.25. The van der Waals surface area contributed by atoms with Crippen molar-refractivity contribution in [2.75, 3.05) is 0 Å². The van der Waals surface area contributed by atoms with Gasteiger partial charge in [0.2, 0.25) is 0 Å². The van der Waals surface area contributed by atoms with Crippen LogP contribution in [0, 0.1) is 18.3 Å². The molecule has 2 aromatic heterocycles. The van der Waals surface area contributed by atoms with Gasteiger partial charge in [-0.15, -0.1) is 0 Å². The van der Waals surface area contributed by atoms with E-state index in [0.717, 1.165) is 16.7 Å². The Morgan fingerprint density at radius 3 is 2.62 bits per heavy atom. The minimum absolute atomic E-state index is 0.229. The van der Waals surface area contributed by atoms with Gasteiger partial charge in [-0.25, -0.2) is 4.98 Å². The zero-order valence-corrected chi connectivity index (χ0v) is 9.36. The Morgan fingerprint density at radius 2 is 1.94 bits per heavy atom. The third-order valence-electron chi connectivity index (χ3n) is 2.17. The molecule has 0 saturated heterocycles. The smallest absolute Gasteiger partial charge is 0.146 e. The van der Waals surface area contributed by atoms with Gasteiger partial charge < -0.3 is 0 Å². The van der Waals surface area contributed by atoms with Crippen molar-refractivity contribution in [3.63, 3.8) is 0 Å². The van der Waals surface area contributed by atoms with Gasteiger partial charge >= 0.3 is 0 Å². The first-order chi connectivity index (χ1) is 7.70. The Kier molecular flexibility index (Phi) is 2.84. The highest BCUT2D eigenvalue weighted by Gasteiger charge is 2.04. The van der Waals surface area contributed by atoms with E-state index in [1.165, 1.54) is 0 Å². The predicted octanol–water partition coefficient (Wildman–Crippen LogP) is 2.98. The van der Waals surface area contributed by atoms with Gasteiger partial charge in [-0.2, -0.15) is 5.26 Å². The minimum atomic E-state index is 0.229. The van der Waals surface area contributed by atoms with E-state index in [2.05, 4.69) is 9.97 Å². The number of pyridine rings is 2. The summed E-state index contributed by atoms with van der Waals surface area (Å²) in [5, 5.41) is 9.08. The van der Waals surface area contributed by atoms with Gasteiger partial charge in [-0.1, -0.05) is 11.6 Å². The van der Waals surface area contributed by atoms with E-state index in [1.54, 1.807) is 24.7 Å². The van der Waals surface area contributed by atoms with Crippen LogP contribution in [-0.2, 0) is 0 Å². The summed E-state index contributed by atoms with van der Waals surface area (Å²) in [4.78, 5) is 8.07. The molecule has 0 atom stereocenters. The Hall–Kier alpha value is -1.92. The summed E-state index contributed by atoms with van der Waals surface area (Å²) in [6.07, 6.45) is 5.15. The minimum Gasteiger partial charge on any atom is -0.264 e. The number of nitrogens with zero attached hydrogens (tertiary/aromatic N) is 3. The Bertz CT molecular complexity index is 573. The molecule has 0 amide bonds. The Balaban J connectivity index is 2.54. The highest BCUT2D eigenvalue weighted by atomic mass is 35.5. The van der Waals surface area contributed by atoms with Crippen LogP contribution in [0.4, 0.5) is 0 Å². The summed E-state index contributed by atoms with van der Waals surface area (Å²) >= 11 is 5.77. The maximum absolute atomic E-state index is 8.85. The molecule has 2 rings (SSSR count). The van der Waals surface area contributed by atoms with Crippen molar-refractivity contribution in [2.45, 2.75) is 6.92 Å². The highest BCUT2D eigenvalue weighted by molar-refractivity contribution is 6.30. The van der Waals surface area contributed by atoms with Gasteiger partial charge in [0, 0.05) is 29.7 Å². The van der Waals surface area contributed by atoms with Crippen LogP contribution in [0.1, 0.15) is 11.1 Å². The number of nitriles is 1. The molecule has 0 radical (unpaired) electrons. The molecule has 0 aromatic carbocycles. The maximum atomic E-state index is 8.85. The van der Waals surface area contributed by atoms with Crippen molar-refractivity contribution in [1.29, 1.82) is 5.26 Å². The second-order valence-electron chi connectivity index (χ2n) is 3.43. The van der Waals surface area contributed by atoms with E-state index in [1.807, 2.05) is 19.1 Å². The standard InChI is InChI=1S/C12H8ClN3/c1-8-2-10(6-15-5-8)11-3-9(4-14)12(13)16-7-11/h2-3,5-7H,1H3. The van der Waals surface area contributed by atoms with Gasteiger partial charge in [0.05, 0.1) is 5.56 Å². The molecular formula is C12H8ClN3. The number of hydrogen-bond acceptors (Lipinski definition) is 3. The van der Waals surface area contributed by atoms with Crippen molar-refractivity contribution >= 4 is 11.6 Å². The van der Waals surface area contributed by atoms with Gasteiger partial charge in [-0.05, 0) is 24.6 Å². The maximum Gasteiger partial charge on any atom is 0.146 e. The number of aromatic nitrogens is 2. The van der Waals surface area contributed by atoms with Crippen LogP contribution < -0.4 is 0 Å². The highest BCUT2D eigenvalue weighted by Crippen LogP contribution is 2.22. The fraction of sp³-hybridized carbons (Fsp3) is 0.0833. The molecule has 3 nitrogen and oxygen atoms in total. The van der Waals surface area contributed by atoms with Crippen LogP contribution >= 0.6 is 11.6 Å². The summed E-state index contributed by atoms with van der Waals surface area (Å²) < 4.78 is 0. The molecule has 0 aliphatic rings. The normalized spacial score (nSPS) is 9.81. The topological polar surface area (TPSA) is 49.6 Å². The summed E-state index contributed by atoms with van der Waals surface area (Å²) in [5.74, 6) is 0. The quantitative estimate of drug-likeness (QED) is 0.707. The average Bonchev–Trinajstić information content (AvgIpc) is 2.29. The number of halogens is 1. The summed E-state index contributed by atoms with van der Waals surface area (Å²) in [6.45, 7) is 1.96. The van der Waals surface area contributed by atoms with Crippen molar-refractivity contribution in [3.05, 3.63) is 47.0 Å². The third-order valence-corrected chi connectivity index (χ3v) is 2.47. The average molecular weight is 230 g/mol. The predicted molar refractivity (Wildman–Crippen MR) is 61.9 cm³/mol. The zero-order chi connectivity index (χ0) is 11.5. The van der Waals surface area contributed by atoms with Crippen LogP contribution in [0.25, 0.3) is 11.1 Å². The van der Waals surface area contributed by atoms with Crippen molar-refractivity contribution in [2.24, 2.45) is 0 Å². The number of aryl methyl sites for hydroxylation is 1. The first kappa shape index (κ1) is 10.6. The van der Waals surface area contributed by atoms with E-state index in [4.69, 9.17) is 16.9 Å². The number of hydrogen-bond donors (Lipinski definition) is 0. The fourth-order valence-electron chi connectivity index (χ4n) is 1.40. The lowest BCUT2D eigenvalue weighted by atomic mass is 10.1. The molecule has 0 bridgehead atoms. The van der Waals surface area contributed by atoms with Crippen LogP contribution in [0.2, 0.25) is 5.15 Å². The largest absolute Gasteiger partial charge is 0.264 e. The molecule has 16 heavy (non-hydrogen) atoms. The Labute approximate surface area is 98.4 Å². The second kappa shape index (κ2) is 4.30. The third kappa shape index (κ3) is 2.02. The molecule has 0 fully saturated rings.